The number of nitrogens with zero attached hydrogens (tertiary/aromatic N) is 1. The van der Waals surface area contributed by atoms with Gasteiger partial charge < -0.3 is 15.0 Å². The Morgan fingerprint density at radius 1 is 1.36 bits per heavy atom. The van der Waals surface area contributed by atoms with Gasteiger partial charge in [0.1, 0.15) is 18.0 Å². The first-order chi connectivity index (χ1) is 12.2. The van der Waals surface area contributed by atoms with Gasteiger partial charge in [0.2, 0.25) is 5.91 Å². The normalized spacial score (nSPS) is 22.2. The molecule has 0 unspecified atom stereocenters. The van der Waals surface area contributed by atoms with Gasteiger partial charge in [-0.1, -0.05) is 31.5 Å². The molecular weight excluding hydrogens is 319 g/mol. The minimum absolute atomic E-state index is 0.00188. The van der Waals surface area contributed by atoms with Gasteiger partial charge in [0.15, 0.2) is 0 Å². The fraction of sp³-hybridized carbons (Fsp3) is 0.650. The number of rotatable bonds is 6. The fourth-order valence-corrected chi connectivity index (χ4v) is 3.96. The number of amides is 1. The highest BCUT2D eigenvalue weighted by molar-refractivity contribution is 5.76. The maximum absolute atomic E-state index is 12.6. The average Bonchev–Trinajstić information content (AvgIpc) is 2.62. The Labute approximate surface area is 149 Å². The number of unbranched alkanes of at least 4 members (excludes halogenated alkanes) is 1. The van der Waals surface area contributed by atoms with E-state index in [9.17, 15) is 9.18 Å². The van der Waals surface area contributed by atoms with Gasteiger partial charge in [-0.3, -0.25) is 4.79 Å². The van der Waals surface area contributed by atoms with E-state index in [0.717, 1.165) is 56.5 Å². The molecule has 0 aliphatic carbocycles. The highest BCUT2D eigenvalue weighted by atomic mass is 19.1. The number of ether oxygens (including phenoxy) is 1. The summed E-state index contributed by atoms with van der Waals surface area (Å²) < 4.78 is 19.0. The third-order valence-corrected chi connectivity index (χ3v) is 5.46. The molecule has 1 fully saturated rings. The van der Waals surface area contributed by atoms with E-state index in [1.807, 2.05) is 24.3 Å². The molecule has 5 heteroatoms. The SMILES string of the molecule is CCCCC(=O)N[C@H]1CC2(CCN(CCF)CC2)Oc2ccccc21. The van der Waals surface area contributed by atoms with Crippen LogP contribution >= 0.6 is 0 Å². The van der Waals surface area contributed by atoms with Crippen molar-refractivity contribution in [3.8, 4) is 5.75 Å². The van der Waals surface area contributed by atoms with Crippen LogP contribution in [0.1, 0.15) is 57.1 Å². The predicted octanol–water partition coefficient (Wildman–Crippen LogP) is 3.62. The summed E-state index contributed by atoms with van der Waals surface area (Å²) in [6.07, 6.45) is 5.07. The molecule has 1 amide bonds. The van der Waals surface area contributed by atoms with Crippen molar-refractivity contribution in [2.75, 3.05) is 26.3 Å². The zero-order chi connectivity index (χ0) is 17.7. The number of hydrogen-bond acceptors (Lipinski definition) is 3. The van der Waals surface area contributed by atoms with E-state index < -0.39 is 0 Å². The van der Waals surface area contributed by atoms with Gasteiger partial charge in [-0.2, -0.15) is 0 Å². The van der Waals surface area contributed by atoms with Crippen LogP contribution in [-0.4, -0.2) is 42.7 Å². The highest BCUT2D eigenvalue weighted by Gasteiger charge is 2.43. The molecule has 2 heterocycles. The van der Waals surface area contributed by atoms with Crippen LogP contribution in [-0.2, 0) is 4.79 Å². The van der Waals surface area contributed by atoms with Gasteiger partial charge >= 0.3 is 0 Å². The predicted molar refractivity (Wildman–Crippen MR) is 96.5 cm³/mol. The lowest BCUT2D eigenvalue weighted by molar-refractivity contribution is -0.122. The molecule has 4 nitrogen and oxygen atoms in total. The van der Waals surface area contributed by atoms with Gasteiger partial charge in [-0.15, -0.1) is 0 Å². The number of carbonyl (C=O) groups is 1. The van der Waals surface area contributed by atoms with Crippen LogP contribution < -0.4 is 10.1 Å². The minimum atomic E-state index is -0.299. The Hall–Kier alpha value is -1.62. The van der Waals surface area contributed by atoms with E-state index in [4.69, 9.17) is 4.74 Å². The molecule has 3 rings (SSSR count). The number of para-hydroxylation sites is 1. The molecule has 138 valence electrons. The molecule has 0 aromatic heterocycles. The standard InChI is InChI=1S/C20H29FN2O2/c1-2-3-8-19(24)22-17-15-20(9-12-23(13-10-20)14-11-21)25-18-7-5-4-6-16(17)18/h4-7,17H,2-3,8-15H2,1H3,(H,22,24)/t17-/m0/s1. The summed E-state index contributed by atoms with van der Waals surface area (Å²) in [4.78, 5) is 14.4. The van der Waals surface area contributed by atoms with E-state index in [1.165, 1.54) is 0 Å². The highest BCUT2D eigenvalue weighted by Crippen LogP contribution is 2.44. The second kappa shape index (κ2) is 8.17. The Kier molecular flexibility index (Phi) is 5.94. The maximum atomic E-state index is 12.6. The number of nitrogens with one attached hydrogen (secondary N) is 1. The summed E-state index contributed by atoms with van der Waals surface area (Å²) in [5.74, 6) is 1.00. The third-order valence-electron chi connectivity index (χ3n) is 5.46. The number of benzene rings is 1. The number of fused-ring (bicyclic) bond motifs is 1. The number of alkyl halides is 1. The lowest BCUT2D eigenvalue weighted by Crippen LogP contribution is -2.52. The van der Waals surface area contributed by atoms with Crippen LogP contribution in [0, 0.1) is 0 Å². The molecule has 2 aliphatic heterocycles. The van der Waals surface area contributed by atoms with Crippen molar-refractivity contribution < 1.29 is 13.9 Å². The second-order valence-corrected chi connectivity index (χ2v) is 7.28. The number of piperidine rings is 1. The first-order valence-electron chi connectivity index (χ1n) is 9.51. The Morgan fingerprint density at radius 3 is 2.84 bits per heavy atom. The molecule has 1 aromatic carbocycles. The lowest BCUT2D eigenvalue weighted by Gasteiger charge is -2.47. The zero-order valence-corrected chi connectivity index (χ0v) is 15.1. The van der Waals surface area contributed by atoms with Crippen LogP contribution in [0.2, 0.25) is 0 Å². The molecule has 0 radical (unpaired) electrons. The summed E-state index contributed by atoms with van der Waals surface area (Å²) in [5.41, 5.74) is 0.827. The van der Waals surface area contributed by atoms with E-state index >= 15 is 0 Å². The van der Waals surface area contributed by atoms with E-state index in [0.29, 0.717) is 13.0 Å². The lowest BCUT2D eigenvalue weighted by atomic mass is 9.80. The summed E-state index contributed by atoms with van der Waals surface area (Å²) in [6.45, 7) is 4.00. The van der Waals surface area contributed by atoms with Crippen molar-refractivity contribution in [3.05, 3.63) is 29.8 Å². The molecule has 0 saturated carbocycles. The van der Waals surface area contributed by atoms with Crippen molar-refractivity contribution >= 4 is 5.91 Å². The summed E-state index contributed by atoms with van der Waals surface area (Å²) >= 11 is 0. The fourth-order valence-electron chi connectivity index (χ4n) is 3.96. The van der Waals surface area contributed by atoms with Gasteiger partial charge in [0.05, 0.1) is 6.04 Å². The van der Waals surface area contributed by atoms with Crippen molar-refractivity contribution in [2.24, 2.45) is 0 Å². The number of carbonyl (C=O) groups excluding carboxylic acids is 1. The van der Waals surface area contributed by atoms with Gasteiger partial charge in [-0.25, -0.2) is 4.39 Å². The zero-order valence-electron chi connectivity index (χ0n) is 15.1. The Balaban J connectivity index is 1.73. The summed E-state index contributed by atoms with van der Waals surface area (Å²) in [5, 5.41) is 3.23. The molecule has 1 spiro atoms. The number of hydrogen-bond donors (Lipinski definition) is 1. The Bertz CT molecular complexity index is 585. The van der Waals surface area contributed by atoms with Gasteiger partial charge in [0.25, 0.3) is 0 Å². The number of likely N-dealkylation sites (tertiary alicyclic amines) is 1. The van der Waals surface area contributed by atoms with Crippen molar-refractivity contribution in [3.63, 3.8) is 0 Å². The van der Waals surface area contributed by atoms with Crippen LogP contribution in [0.3, 0.4) is 0 Å². The van der Waals surface area contributed by atoms with Gasteiger partial charge in [0, 0.05) is 38.0 Å². The van der Waals surface area contributed by atoms with Crippen LogP contribution in [0.5, 0.6) is 5.75 Å². The van der Waals surface area contributed by atoms with E-state index in [-0.39, 0.29) is 24.2 Å². The smallest absolute Gasteiger partial charge is 0.220 e. The first-order valence-corrected chi connectivity index (χ1v) is 9.51. The number of halogens is 1. The van der Waals surface area contributed by atoms with Gasteiger partial charge in [-0.05, 0) is 25.3 Å². The van der Waals surface area contributed by atoms with Crippen molar-refractivity contribution in [1.29, 1.82) is 0 Å². The monoisotopic (exact) mass is 348 g/mol. The average molecular weight is 348 g/mol. The topological polar surface area (TPSA) is 41.6 Å². The van der Waals surface area contributed by atoms with Crippen LogP contribution in [0.4, 0.5) is 4.39 Å². The van der Waals surface area contributed by atoms with Crippen LogP contribution in [0.25, 0.3) is 0 Å². The third kappa shape index (κ3) is 4.32. The summed E-state index contributed by atoms with van der Waals surface area (Å²) in [6, 6.07) is 8.02. The van der Waals surface area contributed by atoms with Crippen molar-refractivity contribution in [2.45, 2.75) is 57.1 Å². The molecule has 2 aliphatic rings. The molecule has 25 heavy (non-hydrogen) atoms. The molecule has 1 N–H and O–H groups in total. The molecule has 0 bridgehead atoms. The molecular formula is C20H29FN2O2. The van der Waals surface area contributed by atoms with Crippen LogP contribution in [0.15, 0.2) is 24.3 Å². The Morgan fingerprint density at radius 2 is 2.12 bits per heavy atom. The molecule has 1 atom stereocenters. The van der Waals surface area contributed by atoms with Crippen molar-refractivity contribution in [1.82, 2.24) is 10.2 Å². The largest absolute Gasteiger partial charge is 0.487 e. The molecule has 1 saturated heterocycles. The van der Waals surface area contributed by atoms with E-state index in [2.05, 4.69) is 17.1 Å². The maximum Gasteiger partial charge on any atom is 0.220 e. The summed E-state index contributed by atoms with van der Waals surface area (Å²) in [7, 11) is 0. The minimum Gasteiger partial charge on any atom is -0.487 e. The van der Waals surface area contributed by atoms with E-state index in [1.54, 1.807) is 0 Å². The first kappa shape index (κ1) is 18.2. The molecule has 1 aromatic rings. The quantitative estimate of drug-likeness (QED) is 0.854. The second-order valence-electron chi connectivity index (χ2n) is 7.28.